The van der Waals surface area contributed by atoms with Crippen molar-refractivity contribution in [2.45, 2.75) is 38.3 Å². The van der Waals surface area contributed by atoms with Crippen LogP contribution >= 0.6 is 0 Å². The maximum Gasteiger partial charge on any atom is 0.0469 e. The van der Waals surface area contributed by atoms with Crippen LogP contribution in [-0.4, -0.2) is 61.3 Å². The zero-order valence-electron chi connectivity index (χ0n) is 10.4. The molecule has 0 saturated carbocycles. The van der Waals surface area contributed by atoms with E-state index in [-0.39, 0.29) is 0 Å². The number of piperazine rings is 1. The number of ether oxygens (including phenoxy) is 1. The summed E-state index contributed by atoms with van der Waals surface area (Å²) in [5, 5.41) is 0. The fraction of sp³-hybridized carbons (Fsp3) is 1.00. The molecule has 0 radical (unpaired) electrons. The lowest BCUT2D eigenvalue weighted by Crippen LogP contribution is -2.47. The maximum absolute atomic E-state index is 5.43. The predicted octanol–water partition coefficient (Wildman–Crippen LogP) is 1.19. The van der Waals surface area contributed by atoms with Crippen LogP contribution in [0.15, 0.2) is 0 Å². The molecule has 3 nitrogen and oxygen atoms in total. The summed E-state index contributed by atoms with van der Waals surface area (Å²) in [5.41, 5.74) is 0. The number of likely N-dealkylation sites (tertiary alicyclic amines) is 2. The van der Waals surface area contributed by atoms with Gasteiger partial charge in [-0.05, 0) is 31.7 Å². The topological polar surface area (TPSA) is 15.7 Å². The van der Waals surface area contributed by atoms with Crippen LogP contribution in [0.25, 0.3) is 0 Å². The monoisotopic (exact) mass is 224 g/mol. The molecule has 0 aliphatic carbocycles. The largest absolute Gasteiger partial charge is 0.381 e. The van der Waals surface area contributed by atoms with Crippen molar-refractivity contribution < 1.29 is 4.74 Å². The summed E-state index contributed by atoms with van der Waals surface area (Å²) in [7, 11) is 0. The number of hydrogen-bond acceptors (Lipinski definition) is 3. The van der Waals surface area contributed by atoms with Gasteiger partial charge in [0.05, 0.1) is 0 Å². The normalized spacial score (nSPS) is 37.3. The average Bonchev–Trinajstić information content (AvgIpc) is 2.89. The van der Waals surface area contributed by atoms with Gasteiger partial charge in [-0.2, -0.15) is 0 Å². The zero-order valence-corrected chi connectivity index (χ0v) is 10.4. The highest BCUT2D eigenvalue weighted by Gasteiger charge is 2.42. The smallest absolute Gasteiger partial charge is 0.0469 e. The van der Waals surface area contributed by atoms with Crippen LogP contribution in [0.5, 0.6) is 0 Å². The molecule has 2 unspecified atom stereocenters. The molecule has 0 spiro atoms. The van der Waals surface area contributed by atoms with Gasteiger partial charge in [0, 0.05) is 44.9 Å². The summed E-state index contributed by atoms with van der Waals surface area (Å²) in [6.07, 6.45) is 3.99. The molecule has 3 rings (SSSR count). The quantitative estimate of drug-likeness (QED) is 0.716. The van der Waals surface area contributed by atoms with Gasteiger partial charge in [0.1, 0.15) is 0 Å². The summed E-state index contributed by atoms with van der Waals surface area (Å²) >= 11 is 0. The first-order chi connectivity index (χ1) is 7.86. The molecule has 3 aliphatic heterocycles. The molecule has 0 aromatic heterocycles. The van der Waals surface area contributed by atoms with E-state index in [0.29, 0.717) is 0 Å². The minimum atomic E-state index is 0.868. The Labute approximate surface area is 98.7 Å². The maximum atomic E-state index is 5.43. The fourth-order valence-corrected chi connectivity index (χ4v) is 3.70. The molecule has 3 heteroatoms. The Morgan fingerprint density at radius 1 is 1.06 bits per heavy atom. The van der Waals surface area contributed by atoms with Gasteiger partial charge in [-0.15, -0.1) is 0 Å². The van der Waals surface area contributed by atoms with Crippen LogP contribution in [0.1, 0.15) is 26.2 Å². The van der Waals surface area contributed by atoms with Crippen molar-refractivity contribution in [1.82, 2.24) is 9.80 Å². The summed E-state index contributed by atoms with van der Waals surface area (Å²) in [5.74, 6) is 0.906. The molecule has 2 bridgehead atoms. The third-order valence-electron chi connectivity index (χ3n) is 4.71. The van der Waals surface area contributed by atoms with Crippen LogP contribution in [0.4, 0.5) is 0 Å². The van der Waals surface area contributed by atoms with Gasteiger partial charge < -0.3 is 4.74 Å². The van der Waals surface area contributed by atoms with E-state index in [1.807, 2.05) is 0 Å². The summed E-state index contributed by atoms with van der Waals surface area (Å²) in [4.78, 5) is 5.41. The van der Waals surface area contributed by atoms with Gasteiger partial charge >= 0.3 is 0 Å². The van der Waals surface area contributed by atoms with E-state index in [2.05, 4.69) is 16.7 Å². The second kappa shape index (κ2) is 4.63. The van der Waals surface area contributed by atoms with E-state index in [4.69, 9.17) is 4.74 Å². The second-order valence-electron chi connectivity index (χ2n) is 5.64. The van der Waals surface area contributed by atoms with Crippen molar-refractivity contribution in [2.75, 3.05) is 39.4 Å². The van der Waals surface area contributed by atoms with Crippen LogP contribution in [-0.2, 0) is 4.74 Å². The number of likely N-dealkylation sites (N-methyl/N-ethyl adjacent to an activating group) is 1. The molecule has 0 N–H and O–H groups in total. The Bertz CT molecular complexity index is 240. The summed E-state index contributed by atoms with van der Waals surface area (Å²) in [6, 6.07) is 1.74. The molecule has 92 valence electrons. The van der Waals surface area contributed by atoms with Crippen LogP contribution in [0.2, 0.25) is 0 Å². The van der Waals surface area contributed by atoms with E-state index >= 15 is 0 Å². The molecule has 0 aromatic rings. The Morgan fingerprint density at radius 3 is 2.38 bits per heavy atom. The SMILES string of the molecule is CCN1CC2CC1CN2CC1CCOCC1. The number of nitrogens with zero attached hydrogens (tertiary/aromatic N) is 2. The lowest BCUT2D eigenvalue weighted by molar-refractivity contribution is 0.0414. The van der Waals surface area contributed by atoms with Gasteiger partial charge in [0.25, 0.3) is 0 Å². The number of fused-ring (bicyclic) bond motifs is 2. The van der Waals surface area contributed by atoms with Crippen molar-refractivity contribution in [3.63, 3.8) is 0 Å². The lowest BCUT2D eigenvalue weighted by atomic mass is 9.99. The van der Waals surface area contributed by atoms with E-state index in [9.17, 15) is 0 Å². The predicted molar refractivity (Wildman–Crippen MR) is 64.6 cm³/mol. The molecule has 3 fully saturated rings. The molecular formula is C13H24N2O. The van der Waals surface area contributed by atoms with Crippen molar-refractivity contribution >= 4 is 0 Å². The molecular weight excluding hydrogens is 200 g/mol. The number of hydrogen-bond donors (Lipinski definition) is 0. The Kier molecular flexibility index (Phi) is 3.18. The molecule has 3 aliphatic rings. The Balaban J connectivity index is 1.51. The first-order valence-electron chi connectivity index (χ1n) is 6.92. The lowest BCUT2D eigenvalue weighted by Gasteiger charge is -2.36. The van der Waals surface area contributed by atoms with Crippen molar-refractivity contribution in [3.05, 3.63) is 0 Å². The highest BCUT2D eigenvalue weighted by Crippen LogP contribution is 2.31. The molecule has 0 aromatic carbocycles. The third-order valence-corrected chi connectivity index (χ3v) is 4.71. The van der Waals surface area contributed by atoms with E-state index in [1.54, 1.807) is 0 Å². The minimum Gasteiger partial charge on any atom is -0.381 e. The van der Waals surface area contributed by atoms with Crippen molar-refractivity contribution in [3.8, 4) is 0 Å². The summed E-state index contributed by atoms with van der Waals surface area (Å²) in [6.45, 7) is 9.51. The van der Waals surface area contributed by atoms with Crippen LogP contribution < -0.4 is 0 Å². The van der Waals surface area contributed by atoms with Crippen molar-refractivity contribution in [1.29, 1.82) is 0 Å². The van der Waals surface area contributed by atoms with E-state index in [0.717, 1.165) is 31.2 Å². The fourth-order valence-electron chi connectivity index (χ4n) is 3.70. The summed E-state index contributed by atoms with van der Waals surface area (Å²) < 4.78 is 5.43. The Morgan fingerprint density at radius 2 is 1.75 bits per heavy atom. The zero-order chi connectivity index (χ0) is 11.0. The standard InChI is InChI=1S/C13H24N2O/c1-2-14-9-13-7-12(14)10-15(13)8-11-3-5-16-6-4-11/h11-13H,2-10H2,1H3. The average molecular weight is 224 g/mol. The van der Waals surface area contributed by atoms with Gasteiger partial charge in [0.15, 0.2) is 0 Å². The van der Waals surface area contributed by atoms with Gasteiger partial charge in [-0.25, -0.2) is 0 Å². The third kappa shape index (κ3) is 2.01. The van der Waals surface area contributed by atoms with Gasteiger partial charge in [-0.3, -0.25) is 9.80 Å². The van der Waals surface area contributed by atoms with Crippen molar-refractivity contribution in [2.24, 2.45) is 5.92 Å². The molecule has 2 atom stereocenters. The second-order valence-corrected chi connectivity index (χ2v) is 5.64. The molecule has 16 heavy (non-hydrogen) atoms. The van der Waals surface area contributed by atoms with E-state index < -0.39 is 0 Å². The van der Waals surface area contributed by atoms with E-state index in [1.165, 1.54) is 45.4 Å². The van der Waals surface area contributed by atoms with Gasteiger partial charge in [-0.1, -0.05) is 6.92 Å². The van der Waals surface area contributed by atoms with Crippen LogP contribution in [0, 0.1) is 5.92 Å². The highest BCUT2D eigenvalue weighted by molar-refractivity contribution is 4.99. The molecule has 0 amide bonds. The first kappa shape index (κ1) is 11.0. The van der Waals surface area contributed by atoms with Crippen LogP contribution in [0.3, 0.4) is 0 Å². The minimum absolute atomic E-state index is 0.868. The van der Waals surface area contributed by atoms with Gasteiger partial charge in [0.2, 0.25) is 0 Å². The first-order valence-corrected chi connectivity index (χ1v) is 6.92. The molecule has 3 heterocycles. The number of rotatable bonds is 3. The molecule has 3 saturated heterocycles. The Hall–Kier alpha value is -0.120. The highest BCUT2D eigenvalue weighted by atomic mass is 16.5.